The molecule has 0 saturated carbocycles. The van der Waals surface area contributed by atoms with Crippen LogP contribution in [0.3, 0.4) is 0 Å². The number of aryl methyl sites for hydroxylation is 2. The number of benzene rings is 1. The number of aliphatic imine (C=N–C) groups is 1. The van der Waals surface area contributed by atoms with E-state index in [1.807, 2.05) is 0 Å². The molecule has 2 heterocycles. The van der Waals surface area contributed by atoms with E-state index in [1.165, 1.54) is 43.5 Å². The van der Waals surface area contributed by atoms with E-state index in [9.17, 15) is 0 Å². The van der Waals surface area contributed by atoms with Crippen molar-refractivity contribution in [3.63, 3.8) is 0 Å². The topological polar surface area (TPSA) is 65.7 Å². The zero-order chi connectivity index (χ0) is 21.2. The Kier molecular flexibility index (Phi) is 8.75. The summed E-state index contributed by atoms with van der Waals surface area (Å²) in [4.78, 5) is 7.44. The quantitative estimate of drug-likeness (QED) is 0.482. The highest BCUT2D eigenvalue weighted by molar-refractivity contribution is 5.79. The minimum absolute atomic E-state index is 0.671. The van der Waals surface area contributed by atoms with Gasteiger partial charge in [0.05, 0.1) is 12.2 Å². The Balaban J connectivity index is 1.67. The van der Waals surface area contributed by atoms with Gasteiger partial charge in [0.1, 0.15) is 5.76 Å². The lowest BCUT2D eigenvalue weighted by Crippen LogP contribution is -2.37. The number of nitrogens with zero attached hydrogens (tertiary/aromatic N) is 3. The van der Waals surface area contributed by atoms with Crippen LogP contribution in [-0.2, 0) is 32.5 Å². The number of piperidine rings is 1. The molecule has 2 aromatic rings. The van der Waals surface area contributed by atoms with Crippen molar-refractivity contribution < 1.29 is 4.52 Å². The predicted octanol–water partition coefficient (Wildman–Crippen LogP) is 4.04. The minimum atomic E-state index is 0.671. The monoisotopic (exact) mass is 411 g/mol. The van der Waals surface area contributed by atoms with Crippen molar-refractivity contribution in [2.75, 3.05) is 19.6 Å². The third kappa shape index (κ3) is 6.08. The van der Waals surface area contributed by atoms with Gasteiger partial charge in [-0.3, -0.25) is 4.90 Å². The maximum Gasteiger partial charge on any atom is 0.191 e. The van der Waals surface area contributed by atoms with Gasteiger partial charge >= 0.3 is 0 Å². The summed E-state index contributed by atoms with van der Waals surface area (Å²) in [5.41, 5.74) is 4.88. The first-order valence-corrected chi connectivity index (χ1v) is 11.5. The normalized spacial score (nSPS) is 15.4. The highest BCUT2D eigenvalue weighted by atomic mass is 16.5. The molecule has 0 unspecified atom stereocenters. The number of hydrogen-bond acceptors (Lipinski definition) is 4. The molecule has 0 aliphatic carbocycles. The van der Waals surface area contributed by atoms with Crippen molar-refractivity contribution in [3.05, 3.63) is 52.4 Å². The average molecular weight is 412 g/mol. The second-order valence-electron chi connectivity index (χ2n) is 7.89. The molecular weight excluding hydrogens is 374 g/mol. The van der Waals surface area contributed by atoms with E-state index >= 15 is 0 Å². The van der Waals surface area contributed by atoms with Gasteiger partial charge in [0.2, 0.25) is 0 Å². The van der Waals surface area contributed by atoms with Crippen molar-refractivity contribution in [1.82, 2.24) is 20.7 Å². The Labute approximate surface area is 181 Å². The van der Waals surface area contributed by atoms with Crippen molar-refractivity contribution in [3.8, 4) is 0 Å². The summed E-state index contributed by atoms with van der Waals surface area (Å²) in [5.74, 6) is 1.79. The molecule has 30 heavy (non-hydrogen) atoms. The standard InChI is InChI=1S/C24H37N5O/c1-4-22-21(23(5-2)30-28-22)17-27-24(25-6-3)26-16-19-12-8-9-13-20(19)18-29-14-10-7-11-15-29/h8-9,12-13H,4-7,10-11,14-18H2,1-3H3,(H2,25,26,27). The van der Waals surface area contributed by atoms with Gasteiger partial charge in [0, 0.05) is 31.6 Å². The lowest BCUT2D eigenvalue weighted by atomic mass is 10.1. The zero-order valence-corrected chi connectivity index (χ0v) is 18.8. The summed E-state index contributed by atoms with van der Waals surface area (Å²) in [6.45, 7) is 11.9. The van der Waals surface area contributed by atoms with E-state index in [0.717, 1.165) is 48.9 Å². The van der Waals surface area contributed by atoms with Gasteiger partial charge in [0.15, 0.2) is 5.96 Å². The SMILES string of the molecule is CCNC(=NCc1ccccc1CN1CCCCC1)NCc1c(CC)noc1CC. The molecule has 1 saturated heterocycles. The summed E-state index contributed by atoms with van der Waals surface area (Å²) < 4.78 is 5.49. The van der Waals surface area contributed by atoms with E-state index in [0.29, 0.717) is 13.1 Å². The average Bonchev–Trinajstić information content (AvgIpc) is 3.19. The molecule has 6 heteroatoms. The molecule has 6 nitrogen and oxygen atoms in total. The van der Waals surface area contributed by atoms with E-state index < -0.39 is 0 Å². The summed E-state index contributed by atoms with van der Waals surface area (Å²) >= 11 is 0. The van der Waals surface area contributed by atoms with Crippen LogP contribution in [0.15, 0.2) is 33.8 Å². The fourth-order valence-electron chi connectivity index (χ4n) is 4.04. The Morgan fingerprint density at radius 1 is 1.03 bits per heavy atom. The molecule has 1 aliphatic heterocycles. The van der Waals surface area contributed by atoms with Crippen LogP contribution in [0.2, 0.25) is 0 Å². The number of rotatable bonds is 9. The number of aromatic nitrogens is 1. The van der Waals surface area contributed by atoms with Crippen LogP contribution in [-0.4, -0.2) is 35.7 Å². The van der Waals surface area contributed by atoms with E-state index in [4.69, 9.17) is 9.52 Å². The zero-order valence-electron chi connectivity index (χ0n) is 18.8. The molecular formula is C24H37N5O. The Morgan fingerprint density at radius 3 is 2.50 bits per heavy atom. The molecule has 0 radical (unpaired) electrons. The lowest BCUT2D eigenvalue weighted by Gasteiger charge is -2.27. The molecule has 164 valence electrons. The third-order valence-corrected chi connectivity index (χ3v) is 5.75. The van der Waals surface area contributed by atoms with Gasteiger partial charge in [0.25, 0.3) is 0 Å². The lowest BCUT2D eigenvalue weighted by molar-refractivity contribution is 0.220. The maximum absolute atomic E-state index is 5.49. The number of nitrogens with one attached hydrogen (secondary N) is 2. The molecule has 3 rings (SSSR count). The molecule has 0 bridgehead atoms. The van der Waals surface area contributed by atoms with Crippen molar-refractivity contribution in [2.45, 2.75) is 72.5 Å². The number of guanidine groups is 1. The fourth-order valence-corrected chi connectivity index (χ4v) is 4.04. The van der Waals surface area contributed by atoms with Gasteiger partial charge in [-0.25, -0.2) is 4.99 Å². The first-order valence-electron chi connectivity index (χ1n) is 11.5. The smallest absolute Gasteiger partial charge is 0.191 e. The van der Waals surface area contributed by atoms with Crippen LogP contribution in [0.4, 0.5) is 0 Å². The van der Waals surface area contributed by atoms with Crippen LogP contribution < -0.4 is 10.6 Å². The Hall–Kier alpha value is -2.34. The maximum atomic E-state index is 5.49. The van der Waals surface area contributed by atoms with Crippen LogP contribution >= 0.6 is 0 Å². The van der Waals surface area contributed by atoms with Crippen LogP contribution in [0.25, 0.3) is 0 Å². The number of hydrogen-bond donors (Lipinski definition) is 2. The van der Waals surface area contributed by atoms with Gasteiger partial charge in [-0.2, -0.15) is 0 Å². The summed E-state index contributed by atoms with van der Waals surface area (Å²) in [6.07, 6.45) is 5.72. The van der Waals surface area contributed by atoms with Gasteiger partial charge in [-0.05, 0) is 50.4 Å². The fraction of sp³-hybridized carbons (Fsp3) is 0.583. The highest BCUT2D eigenvalue weighted by Crippen LogP contribution is 2.17. The molecule has 0 atom stereocenters. The van der Waals surface area contributed by atoms with Crippen molar-refractivity contribution >= 4 is 5.96 Å². The molecule has 2 N–H and O–H groups in total. The Bertz CT molecular complexity index is 786. The van der Waals surface area contributed by atoms with E-state index in [2.05, 4.69) is 65.7 Å². The van der Waals surface area contributed by atoms with Gasteiger partial charge in [-0.1, -0.05) is 49.7 Å². The van der Waals surface area contributed by atoms with Gasteiger partial charge in [-0.15, -0.1) is 0 Å². The van der Waals surface area contributed by atoms with Crippen molar-refractivity contribution in [1.29, 1.82) is 0 Å². The molecule has 1 aromatic carbocycles. The first kappa shape index (κ1) is 22.3. The van der Waals surface area contributed by atoms with Crippen LogP contribution in [0.5, 0.6) is 0 Å². The second-order valence-corrected chi connectivity index (χ2v) is 7.89. The van der Waals surface area contributed by atoms with Gasteiger partial charge < -0.3 is 15.2 Å². The predicted molar refractivity (Wildman–Crippen MR) is 122 cm³/mol. The first-order chi connectivity index (χ1) is 14.7. The van der Waals surface area contributed by atoms with E-state index in [1.54, 1.807) is 0 Å². The highest BCUT2D eigenvalue weighted by Gasteiger charge is 2.14. The number of likely N-dealkylation sites (tertiary alicyclic amines) is 1. The summed E-state index contributed by atoms with van der Waals surface area (Å²) in [7, 11) is 0. The molecule has 1 aromatic heterocycles. The molecule has 1 fully saturated rings. The minimum Gasteiger partial charge on any atom is -0.361 e. The molecule has 1 aliphatic rings. The molecule has 0 amide bonds. The summed E-state index contributed by atoms with van der Waals surface area (Å²) in [5, 5.41) is 11.1. The molecule has 0 spiro atoms. The third-order valence-electron chi connectivity index (χ3n) is 5.75. The second kappa shape index (κ2) is 11.7. The van der Waals surface area contributed by atoms with E-state index in [-0.39, 0.29) is 0 Å². The van der Waals surface area contributed by atoms with Crippen molar-refractivity contribution in [2.24, 2.45) is 4.99 Å². The van der Waals surface area contributed by atoms with Crippen LogP contribution in [0, 0.1) is 0 Å². The summed E-state index contributed by atoms with van der Waals surface area (Å²) in [6, 6.07) is 8.71. The Morgan fingerprint density at radius 2 is 1.80 bits per heavy atom. The van der Waals surface area contributed by atoms with Crippen LogP contribution in [0.1, 0.15) is 68.2 Å². The largest absolute Gasteiger partial charge is 0.361 e.